The molecule has 1 rings (SSSR count). The van der Waals surface area contributed by atoms with Crippen molar-refractivity contribution in [2.24, 2.45) is 0 Å². The fraction of sp³-hybridized carbons (Fsp3) is 0.333. The van der Waals surface area contributed by atoms with Crippen LogP contribution in [0.5, 0.6) is 0 Å². The average Bonchev–Trinajstić information content (AvgIpc) is 2.15. The molecule has 0 fully saturated rings. The molecule has 0 saturated heterocycles. The second-order valence-electron chi connectivity index (χ2n) is 4.14. The zero-order chi connectivity index (χ0) is 11.3. The van der Waals surface area contributed by atoms with Gasteiger partial charge in [0.25, 0.3) is 0 Å². The minimum atomic E-state index is 0.985. The van der Waals surface area contributed by atoms with Crippen LogP contribution in [0.1, 0.15) is 37.0 Å². The summed E-state index contributed by atoms with van der Waals surface area (Å²) in [6.45, 7) is 10.3. The van der Waals surface area contributed by atoms with Crippen LogP contribution in [0.15, 0.2) is 36.4 Å². The Balaban J connectivity index is 2.87. The molecule has 0 bridgehead atoms. The second-order valence-corrected chi connectivity index (χ2v) is 4.14. The van der Waals surface area contributed by atoms with Crippen molar-refractivity contribution in [3.63, 3.8) is 0 Å². The van der Waals surface area contributed by atoms with E-state index < -0.39 is 0 Å². The zero-order valence-electron chi connectivity index (χ0n) is 10.0. The van der Waals surface area contributed by atoms with E-state index in [0.717, 1.165) is 12.8 Å². The summed E-state index contributed by atoms with van der Waals surface area (Å²) in [6, 6.07) is 6.64. The first-order valence-corrected chi connectivity index (χ1v) is 5.54. The number of hydrogen-bond donors (Lipinski definition) is 0. The first kappa shape index (κ1) is 11.8. The summed E-state index contributed by atoms with van der Waals surface area (Å²) in [7, 11) is 0. The van der Waals surface area contributed by atoms with Crippen LogP contribution in [0.25, 0.3) is 6.08 Å². The standard InChI is InChI=1S/C15H20/c1-5-6-7-15-9-8-14(10-12(2)3)11-13(15)4/h6-9,11H,2,5,10H2,1,3-4H3/b7-6-. The van der Waals surface area contributed by atoms with Gasteiger partial charge in [0, 0.05) is 0 Å². The Morgan fingerprint density at radius 2 is 2.13 bits per heavy atom. The largest absolute Gasteiger partial charge is 0.0998 e. The molecule has 0 amide bonds. The summed E-state index contributed by atoms with van der Waals surface area (Å²) in [5, 5.41) is 0. The molecule has 0 aliphatic heterocycles. The number of allylic oxidation sites excluding steroid dienone is 2. The third kappa shape index (κ3) is 3.75. The van der Waals surface area contributed by atoms with Crippen molar-refractivity contribution in [2.45, 2.75) is 33.6 Å². The monoisotopic (exact) mass is 200 g/mol. The van der Waals surface area contributed by atoms with Crippen LogP contribution in [0, 0.1) is 6.92 Å². The summed E-state index contributed by atoms with van der Waals surface area (Å²) in [6.07, 6.45) is 6.46. The number of benzene rings is 1. The smallest absolute Gasteiger partial charge is 0.00725 e. The fourth-order valence-electron chi connectivity index (χ4n) is 1.63. The maximum absolute atomic E-state index is 3.94. The van der Waals surface area contributed by atoms with Crippen LogP contribution < -0.4 is 0 Å². The Hall–Kier alpha value is -1.30. The van der Waals surface area contributed by atoms with E-state index in [0.29, 0.717) is 0 Å². The van der Waals surface area contributed by atoms with E-state index in [1.165, 1.54) is 22.3 Å². The molecular formula is C15H20. The van der Waals surface area contributed by atoms with Crippen LogP contribution in [-0.2, 0) is 6.42 Å². The molecule has 0 radical (unpaired) electrons. The van der Waals surface area contributed by atoms with Crippen molar-refractivity contribution >= 4 is 6.08 Å². The van der Waals surface area contributed by atoms with Gasteiger partial charge in [-0.1, -0.05) is 49.4 Å². The Labute approximate surface area is 93.3 Å². The van der Waals surface area contributed by atoms with Gasteiger partial charge < -0.3 is 0 Å². The van der Waals surface area contributed by atoms with Crippen molar-refractivity contribution in [3.8, 4) is 0 Å². The number of hydrogen-bond acceptors (Lipinski definition) is 0. The van der Waals surface area contributed by atoms with E-state index in [-0.39, 0.29) is 0 Å². The third-order valence-electron chi connectivity index (χ3n) is 2.37. The molecule has 0 spiro atoms. The van der Waals surface area contributed by atoms with Gasteiger partial charge in [0.2, 0.25) is 0 Å². The molecule has 0 nitrogen and oxygen atoms in total. The van der Waals surface area contributed by atoms with Crippen molar-refractivity contribution < 1.29 is 0 Å². The number of aryl methyl sites for hydroxylation is 1. The molecule has 0 aliphatic rings. The lowest BCUT2D eigenvalue weighted by Gasteiger charge is -2.05. The zero-order valence-corrected chi connectivity index (χ0v) is 10.0. The number of rotatable bonds is 4. The van der Waals surface area contributed by atoms with Gasteiger partial charge in [-0.15, -0.1) is 0 Å². The van der Waals surface area contributed by atoms with Gasteiger partial charge in [0.05, 0.1) is 0 Å². The van der Waals surface area contributed by atoms with Crippen LogP contribution in [0.3, 0.4) is 0 Å². The van der Waals surface area contributed by atoms with Gasteiger partial charge in [-0.05, 0) is 43.4 Å². The van der Waals surface area contributed by atoms with Crippen molar-refractivity contribution in [3.05, 3.63) is 53.1 Å². The summed E-state index contributed by atoms with van der Waals surface area (Å²) >= 11 is 0. The van der Waals surface area contributed by atoms with Crippen LogP contribution in [0.4, 0.5) is 0 Å². The van der Waals surface area contributed by atoms with Crippen LogP contribution in [-0.4, -0.2) is 0 Å². The highest BCUT2D eigenvalue weighted by Crippen LogP contribution is 2.15. The maximum atomic E-state index is 3.94. The van der Waals surface area contributed by atoms with Gasteiger partial charge in [0.15, 0.2) is 0 Å². The summed E-state index contributed by atoms with van der Waals surface area (Å²) in [5.74, 6) is 0. The first-order valence-electron chi connectivity index (χ1n) is 5.54. The molecule has 0 heterocycles. The molecule has 0 atom stereocenters. The lowest BCUT2D eigenvalue weighted by atomic mass is 10.0. The van der Waals surface area contributed by atoms with Gasteiger partial charge in [0.1, 0.15) is 0 Å². The third-order valence-corrected chi connectivity index (χ3v) is 2.37. The summed E-state index contributed by atoms with van der Waals surface area (Å²) in [5.41, 5.74) is 5.24. The van der Waals surface area contributed by atoms with Crippen LogP contribution >= 0.6 is 0 Å². The normalized spacial score (nSPS) is 10.9. The summed E-state index contributed by atoms with van der Waals surface area (Å²) < 4.78 is 0. The Kier molecular flexibility index (Phi) is 4.36. The predicted molar refractivity (Wildman–Crippen MR) is 69.0 cm³/mol. The van der Waals surface area contributed by atoms with Crippen molar-refractivity contribution in [1.29, 1.82) is 0 Å². The van der Waals surface area contributed by atoms with Crippen molar-refractivity contribution in [1.82, 2.24) is 0 Å². The van der Waals surface area contributed by atoms with Gasteiger partial charge in [-0.3, -0.25) is 0 Å². The molecule has 80 valence electrons. The molecule has 1 aromatic carbocycles. The highest BCUT2D eigenvalue weighted by Gasteiger charge is 1.97. The molecular weight excluding hydrogens is 180 g/mol. The van der Waals surface area contributed by atoms with Crippen LogP contribution in [0.2, 0.25) is 0 Å². The average molecular weight is 200 g/mol. The molecule has 0 heteroatoms. The van der Waals surface area contributed by atoms with E-state index in [1.807, 2.05) is 0 Å². The van der Waals surface area contributed by atoms with E-state index in [4.69, 9.17) is 0 Å². The highest BCUT2D eigenvalue weighted by atomic mass is 14.0. The van der Waals surface area contributed by atoms with E-state index in [9.17, 15) is 0 Å². The van der Waals surface area contributed by atoms with Gasteiger partial charge in [-0.2, -0.15) is 0 Å². The molecule has 0 aliphatic carbocycles. The molecule has 0 N–H and O–H groups in total. The molecule has 0 saturated carbocycles. The van der Waals surface area contributed by atoms with Crippen molar-refractivity contribution in [2.75, 3.05) is 0 Å². The van der Waals surface area contributed by atoms with E-state index >= 15 is 0 Å². The Morgan fingerprint density at radius 3 is 2.67 bits per heavy atom. The first-order chi connectivity index (χ1) is 7.13. The van der Waals surface area contributed by atoms with E-state index in [1.54, 1.807) is 0 Å². The van der Waals surface area contributed by atoms with Gasteiger partial charge >= 0.3 is 0 Å². The molecule has 15 heavy (non-hydrogen) atoms. The minimum absolute atomic E-state index is 0.985. The molecule has 0 aromatic heterocycles. The maximum Gasteiger partial charge on any atom is -0.00725 e. The van der Waals surface area contributed by atoms with E-state index in [2.05, 4.69) is 57.7 Å². The lowest BCUT2D eigenvalue weighted by molar-refractivity contribution is 1.14. The Bertz CT molecular complexity index is 370. The minimum Gasteiger partial charge on any atom is -0.0998 e. The predicted octanol–water partition coefficient (Wildman–Crippen LogP) is 4.54. The SMILES string of the molecule is C=C(C)Cc1ccc(/C=C\CC)c(C)c1. The second kappa shape index (κ2) is 5.55. The molecule has 0 unspecified atom stereocenters. The quantitative estimate of drug-likeness (QED) is 0.626. The van der Waals surface area contributed by atoms with Gasteiger partial charge in [-0.25, -0.2) is 0 Å². The highest BCUT2D eigenvalue weighted by molar-refractivity contribution is 5.54. The Morgan fingerprint density at radius 1 is 1.40 bits per heavy atom. The lowest BCUT2D eigenvalue weighted by Crippen LogP contribution is -1.88. The molecule has 1 aromatic rings. The topological polar surface area (TPSA) is 0 Å². The summed E-state index contributed by atoms with van der Waals surface area (Å²) in [4.78, 5) is 0. The fourth-order valence-corrected chi connectivity index (χ4v) is 1.63.